The minimum atomic E-state index is -4.72. The maximum Gasteiger partial charge on any atom is 0.471 e. The van der Waals surface area contributed by atoms with E-state index in [1.807, 2.05) is 13.8 Å². The van der Waals surface area contributed by atoms with E-state index < -0.39 is 18.1 Å². The molecule has 3 rings (SSSR count). The van der Waals surface area contributed by atoms with Crippen LogP contribution in [0, 0.1) is 11.8 Å². The van der Waals surface area contributed by atoms with E-state index in [2.05, 4.69) is 20.0 Å². The zero-order valence-corrected chi connectivity index (χ0v) is 17.3. The number of hydroxylamine groups is 2. The van der Waals surface area contributed by atoms with Crippen LogP contribution < -0.4 is 5.32 Å². The Balaban J connectivity index is 1.68. The average molecular weight is 440 g/mol. The number of carbonyl (C=O) groups excluding carboxylic acids is 2. The second-order valence-corrected chi connectivity index (χ2v) is 7.68. The van der Waals surface area contributed by atoms with Gasteiger partial charge in [0.1, 0.15) is 6.04 Å². The highest BCUT2D eigenvalue weighted by Gasteiger charge is 2.38. The van der Waals surface area contributed by atoms with E-state index in [1.54, 1.807) is 12.1 Å². The van der Waals surface area contributed by atoms with Gasteiger partial charge in [-0.05, 0) is 24.3 Å². The van der Waals surface area contributed by atoms with Crippen molar-refractivity contribution in [2.75, 3.05) is 7.11 Å². The van der Waals surface area contributed by atoms with Crippen LogP contribution in [0.15, 0.2) is 28.8 Å². The molecule has 1 heterocycles. The van der Waals surface area contributed by atoms with E-state index >= 15 is 0 Å². The third kappa shape index (κ3) is 5.60. The molecule has 1 saturated carbocycles. The van der Waals surface area contributed by atoms with Crippen LogP contribution in [0.1, 0.15) is 38.1 Å². The third-order valence-corrected chi connectivity index (χ3v) is 4.85. The van der Waals surface area contributed by atoms with Gasteiger partial charge in [-0.25, -0.2) is 5.06 Å². The summed E-state index contributed by atoms with van der Waals surface area (Å²) in [7, 11) is 1.35. The SMILES string of the molecule is CON(Cc1ccc(-c2noc(C(F)(F)F)n2)cc1)C(=O)C(NC(=O)C1CC1)C(C)C. The van der Waals surface area contributed by atoms with Crippen molar-refractivity contribution in [2.24, 2.45) is 11.8 Å². The molecule has 8 nitrogen and oxygen atoms in total. The fraction of sp³-hybridized carbons (Fsp3) is 0.500. The zero-order chi connectivity index (χ0) is 22.8. The molecule has 168 valence electrons. The van der Waals surface area contributed by atoms with Gasteiger partial charge in [0.05, 0.1) is 13.7 Å². The molecule has 0 spiro atoms. The van der Waals surface area contributed by atoms with Crippen molar-refractivity contribution in [2.45, 2.75) is 45.5 Å². The monoisotopic (exact) mass is 440 g/mol. The minimum Gasteiger partial charge on any atom is -0.344 e. The lowest BCUT2D eigenvalue weighted by Crippen LogP contribution is -2.51. The summed E-state index contributed by atoms with van der Waals surface area (Å²) in [6, 6.07) is 5.55. The Bertz CT molecular complexity index is 923. The molecule has 1 unspecified atom stereocenters. The number of nitrogens with one attached hydrogen (secondary N) is 1. The second kappa shape index (κ2) is 9.04. The molecule has 0 bridgehead atoms. The van der Waals surface area contributed by atoms with Gasteiger partial charge in [0, 0.05) is 11.5 Å². The first kappa shape index (κ1) is 22.7. The van der Waals surface area contributed by atoms with Crippen LogP contribution in [0.5, 0.6) is 0 Å². The van der Waals surface area contributed by atoms with Crippen molar-refractivity contribution >= 4 is 11.8 Å². The highest BCUT2D eigenvalue weighted by Crippen LogP contribution is 2.30. The van der Waals surface area contributed by atoms with E-state index in [-0.39, 0.29) is 36.0 Å². The molecular weight excluding hydrogens is 417 g/mol. The number of aromatic nitrogens is 2. The number of hydrogen-bond acceptors (Lipinski definition) is 6. The van der Waals surface area contributed by atoms with Gasteiger partial charge in [-0.3, -0.25) is 14.4 Å². The predicted octanol–water partition coefficient (Wildman–Crippen LogP) is 3.20. The summed E-state index contributed by atoms with van der Waals surface area (Å²) in [5.74, 6) is -2.30. The van der Waals surface area contributed by atoms with Crippen molar-refractivity contribution in [3.05, 3.63) is 35.7 Å². The van der Waals surface area contributed by atoms with Crippen molar-refractivity contribution in [3.63, 3.8) is 0 Å². The Hall–Kier alpha value is -2.95. The number of benzene rings is 1. The number of halogens is 3. The molecule has 31 heavy (non-hydrogen) atoms. The van der Waals surface area contributed by atoms with Crippen LogP contribution in [0.2, 0.25) is 0 Å². The lowest BCUT2D eigenvalue weighted by molar-refractivity contribution is -0.183. The van der Waals surface area contributed by atoms with Crippen molar-refractivity contribution in [1.82, 2.24) is 20.5 Å². The fourth-order valence-electron chi connectivity index (χ4n) is 2.90. The molecule has 1 aliphatic carbocycles. The van der Waals surface area contributed by atoms with Crippen molar-refractivity contribution < 1.29 is 32.1 Å². The van der Waals surface area contributed by atoms with E-state index in [9.17, 15) is 22.8 Å². The van der Waals surface area contributed by atoms with E-state index in [0.29, 0.717) is 11.1 Å². The molecular formula is C20H23F3N4O4. The smallest absolute Gasteiger partial charge is 0.344 e. The van der Waals surface area contributed by atoms with Gasteiger partial charge in [-0.1, -0.05) is 43.3 Å². The van der Waals surface area contributed by atoms with E-state index in [4.69, 9.17) is 4.84 Å². The molecule has 0 saturated heterocycles. The number of alkyl halides is 3. The normalized spacial score (nSPS) is 15.1. The average Bonchev–Trinajstić information content (AvgIpc) is 3.45. The largest absolute Gasteiger partial charge is 0.471 e. The number of carbonyl (C=O) groups is 2. The molecule has 0 aliphatic heterocycles. The van der Waals surface area contributed by atoms with Gasteiger partial charge < -0.3 is 9.84 Å². The number of rotatable bonds is 8. The van der Waals surface area contributed by atoms with Crippen LogP contribution in [0.25, 0.3) is 11.4 Å². The van der Waals surface area contributed by atoms with Gasteiger partial charge in [-0.15, -0.1) is 0 Å². The number of nitrogens with zero attached hydrogens (tertiary/aromatic N) is 3. The number of amides is 2. The molecule has 11 heteroatoms. The summed E-state index contributed by atoms with van der Waals surface area (Å²) in [4.78, 5) is 33.6. The summed E-state index contributed by atoms with van der Waals surface area (Å²) in [6.45, 7) is 3.75. The Morgan fingerprint density at radius 1 is 1.26 bits per heavy atom. The fourth-order valence-corrected chi connectivity index (χ4v) is 2.90. The summed E-state index contributed by atoms with van der Waals surface area (Å²) in [5, 5.41) is 7.28. The molecule has 1 fully saturated rings. The third-order valence-electron chi connectivity index (χ3n) is 4.85. The zero-order valence-electron chi connectivity index (χ0n) is 17.3. The van der Waals surface area contributed by atoms with Crippen LogP contribution in [0.3, 0.4) is 0 Å². The molecule has 2 aromatic rings. The summed E-state index contributed by atoms with van der Waals surface area (Å²) in [5.41, 5.74) is 0.990. The van der Waals surface area contributed by atoms with E-state index in [0.717, 1.165) is 17.9 Å². The maximum absolute atomic E-state index is 12.9. The molecule has 1 aromatic heterocycles. The summed E-state index contributed by atoms with van der Waals surface area (Å²) < 4.78 is 42.1. The topological polar surface area (TPSA) is 97.6 Å². The lowest BCUT2D eigenvalue weighted by Gasteiger charge is -2.28. The Morgan fingerprint density at radius 2 is 1.90 bits per heavy atom. The van der Waals surface area contributed by atoms with Gasteiger partial charge in [-0.2, -0.15) is 18.2 Å². The van der Waals surface area contributed by atoms with Crippen LogP contribution in [-0.2, 0) is 27.1 Å². The minimum absolute atomic E-state index is 0.0272. The van der Waals surface area contributed by atoms with Crippen molar-refractivity contribution in [3.8, 4) is 11.4 Å². The summed E-state index contributed by atoms with van der Waals surface area (Å²) in [6.07, 6.45) is -3.06. The first-order chi connectivity index (χ1) is 14.6. The van der Waals surface area contributed by atoms with Gasteiger partial charge >= 0.3 is 12.1 Å². The molecule has 1 aliphatic rings. The molecule has 0 radical (unpaired) electrons. The van der Waals surface area contributed by atoms with Crippen LogP contribution in [-0.4, -0.2) is 40.2 Å². The highest BCUT2D eigenvalue weighted by molar-refractivity contribution is 5.89. The first-order valence-corrected chi connectivity index (χ1v) is 9.76. The van der Waals surface area contributed by atoms with Gasteiger partial charge in [0.2, 0.25) is 11.7 Å². The Kier molecular flexibility index (Phi) is 6.63. The molecule has 1 aromatic carbocycles. The van der Waals surface area contributed by atoms with E-state index in [1.165, 1.54) is 19.2 Å². The predicted molar refractivity (Wildman–Crippen MR) is 102 cm³/mol. The second-order valence-electron chi connectivity index (χ2n) is 7.68. The summed E-state index contributed by atoms with van der Waals surface area (Å²) >= 11 is 0. The quantitative estimate of drug-likeness (QED) is 0.633. The standard InChI is InChI=1S/C20H23F3N4O4/c1-11(2)15(24-17(28)14-8-9-14)18(29)27(30-3)10-12-4-6-13(7-5-12)16-25-19(31-26-16)20(21,22)23/h4-7,11,14-15H,8-10H2,1-3H3,(H,24,28). The molecule has 2 amide bonds. The van der Waals surface area contributed by atoms with Gasteiger partial charge in [0.15, 0.2) is 0 Å². The molecule has 1 atom stereocenters. The lowest BCUT2D eigenvalue weighted by atomic mass is 10.0. The van der Waals surface area contributed by atoms with Crippen LogP contribution in [0.4, 0.5) is 13.2 Å². The number of hydrogen-bond donors (Lipinski definition) is 1. The van der Waals surface area contributed by atoms with Crippen LogP contribution >= 0.6 is 0 Å². The van der Waals surface area contributed by atoms with Crippen molar-refractivity contribution in [1.29, 1.82) is 0 Å². The maximum atomic E-state index is 12.9. The molecule has 1 N–H and O–H groups in total. The first-order valence-electron chi connectivity index (χ1n) is 9.76. The van der Waals surface area contributed by atoms with Gasteiger partial charge in [0.25, 0.3) is 5.91 Å². The Labute approximate surface area is 176 Å². The highest BCUT2D eigenvalue weighted by atomic mass is 19.4. The Morgan fingerprint density at radius 3 is 2.39 bits per heavy atom.